The fraction of sp³-hybridized carbons (Fsp3) is 0.215. The van der Waals surface area contributed by atoms with Crippen LogP contribution in [0.15, 0.2) is 315 Å². The fourth-order valence-electron chi connectivity index (χ4n) is 23.4. The molecule has 5 heterocycles. The maximum atomic E-state index is 8.26. The van der Waals surface area contributed by atoms with Crippen LogP contribution in [-0.4, -0.2) is 19.5 Å². The van der Waals surface area contributed by atoms with Crippen molar-refractivity contribution in [3.8, 4) is 56.4 Å². The Kier molecular flexibility index (Phi) is 16.2. The Labute approximate surface area is 677 Å². The molecular weight excluding hydrogens is 1390 g/mol. The molecule has 3 fully saturated rings. The summed E-state index contributed by atoms with van der Waals surface area (Å²) in [5.41, 5.74) is 32.7. The van der Waals surface area contributed by atoms with E-state index in [0.29, 0.717) is 23.7 Å². The maximum absolute atomic E-state index is 8.26. The molecule has 0 saturated heterocycles. The molecule has 23 rings (SSSR count). The molecule has 0 amide bonds. The van der Waals surface area contributed by atoms with E-state index in [1.165, 1.54) is 167 Å². The highest BCUT2D eigenvalue weighted by Gasteiger charge is 2.57. The van der Waals surface area contributed by atoms with E-state index < -0.39 is 5.41 Å². The summed E-state index contributed by atoms with van der Waals surface area (Å²) in [7, 11) is 0. The van der Waals surface area contributed by atoms with Crippen LogP contribution >= 0.6 is 0 Å². The quantitative estimate of drug-likeness (QED) is 0.127. The number of rotatable bonds is 10. The topological polar surface area (TPSA) is 31.4 Å². The Balaban J connectivity index is 0.797. The number of benzene rings is 14. The first kappa shape index (κ1) is 68.6. The van der Waals surface area contributed by atoms with E-state index in [9.17, 15) is 0 Å². The van der Waals surface area contributed by atoms with Crippen LogP contribution in [0.25, 0.3) is 33.4 Å². The van der Waals surface area contributed by atoms with E-state index >= 15 is 0 Å². The molecule has 2 atom stereocenters. The molecule has 9 aliphatic rings. The lowest BCUT2D eigenvalue weighted by Gasteiger charge is -2.55. The molecule has 2 unspecified atom stereocenters. The van der Waals surface area contributed by atoms with Gasteiger partial charge in [0.1, 0.15) is 23.0 Å². The second-order valence-electron chi connectivity index (χ2n) is 35.2. The standard InChI is InChI=1S/C107H92B2N4O2/c1-106(2,3)73-61-96-103-97(62-73)113(105-79(71-39-14-6-15-40-71)51-34-52-80(105)72-41-16-7-17-42-72)95-67-99-85(65-89(95)108(103)87-55-28-32-59-93(87)111(96)75-45-20-9-21-46-75)107(83-53-26-22-49-81(83)82-50-23-27-54-84(82)107)86-66-90-101(68-100(86)114-99)115-102-64-76(110(74-43-18-8-19-44-74)91-57-30-24-47-77(91)69-35-10-4-11-36-69)63-98-104(102)109(90)88-56-29-33-60-94(88)112(98)92-58-31-25-48-78(92)70-37-12-5-13-38-70/h4-5,8-13,18-33,35-38,43-50,53-68,71-72,79-80,105H,6-7,14-17,34,39-42,51-52H2,1-3H3. The molecular formula is C107H92B2N4O2. The summed E-state index contributed by atoms with van der Waals surface area (Å²) < 4.78 is 16.3. The van der Waals surface area contributed by atoms with Crippen molar-refractivity contribution in [3.05, 3.63) is 343 Å². The van der Waals surface area contributed by atoms with Crippen molar-refractivity contribution < 1.29 is 9.47 Å². The zero-order chi connectivity index (χ0) is 76.2. The summed E-state index contributed by atoms with van der Waals surface area (Å²) in [5.74, 6) is 5.77. The van der Waals surface area contributed by atoms with Crippen LogP contribution in [0.3, 0.4) is 0 Å². The van der Waals surface area contributed by atoms with Crippen LogP contribution in [0.4, 0.5) is 62.6 Å². The normalized spacial score (nSPS) is 18.4. The minimum absolute atomic E-state index is 0.1000. The van der Waals surface area contributed by atoms with Gasteiger partial charge in [0.05, 0.1) is 22.5 Å². The predicted octanol–water partition coefficient (Wildman–Crippen LogP) is 24.4. The van der Waals surface area contributed by atoms with Crippen LogP contribution in [-0.2, 0) is 10.8 Å². The number of fused-ring (bicyclic) bond motifs is 17. The van der Waals surface area contributed by atoms with Gasteiger partial charge in [0.15, 0.2) is 0 Å². The van der Waals surface area contributed by atoms with E-state index in [1.807, 2.05) is 0 Å². The molecule has 8 heteroatoms. The summed E-state index contributed by atoms with van der Waals surface area (Å²) in [4.78, 5) is 10.7. The SMILES string of the molecule is CC(C)(C)c1cc2c3c(c1)N(C1C(C4CCCCC4)CCCC1C1CCCCC1)c1cc4c(cc1B3c1ccccc1N2c1ccccc1)C1(c2cc3c(cc2O4)Oc2cc(N(c4ccccc4)c4ccccc4-c4ccccc4)cc4c2B3c2ccccc2N4c2ccccc2-c2ccccc2)c2ccccc2-c2ccccc21. The average Bonchev–Trinajstić information content (AvgIpc) is 1.44. The van der Waals surface area contributed by atoms with Crippen LogP contribution < -0.4 is 61.9 Å². The molecule has 6 nitrogen and oxygen atoms in total. The number of nitrogens with zero attached hydrogens (tertiary/aromatic N) is 4. The monoisotopic (exact) mass is 1490 g/mol. The van der Waals surface area contributed by atoms with E-state index in [2.05, 4.69) is 356 Å². The Bertz CT molecular complexity index is 6110. The molecule has 0 aromatic heterocycles. The van der Waals surface area contributed by atoms with Gasteiger partial charge in [-0.25, -0.2) is 0 Å². The third-order valence-corrected chi connectivity index (χ3v) is 28.2. The van der Waals surface area contributed by atoms with Crippen LogP contribution in [0, 0.1) is 23.7 Å². The second kappa shape index (κ2) is 27.1. The van der Waals surface area contributed by atoms with Crippen LogP contribution in [0.2, 0.25) is 0 Å². The van der Waals surface area contributed by atoms with Crippen molar-refractivity contribution in [1.82, 2.24) is 0 Å². The van der Waals surface area contributed by atoms with E-state index in [-0.39, 0.29) is 24.9 Å². The predicted molar refractivity (Wildman–Crippen MR) is 480 cm³/mol. The van der Waals surface area contributed by atoms with Gasteiger partial charge >= 0.3 is 0 Å². The molecule has 115 heavy (non-hydrogen) atoms. The first-order valence-electron chi connectivity index (χ1n) is 42.8. The maximum Gasteiger partial charge on any atom is 0.256 e. The van der Waals surface area contributed by atoms with Crippen molar-refractivity contribution in [2.45, 2.75) is 121 Å². The summed E-state index contributed by atoms with van der Waals surface area (Å²) >= 11 is 0. The van der Waals surface area contributed by atoms with Gasteiger partial charge in [-0.05, 0) is 180 Å². The number of anilines is 11. The zero-order valence-electron chi connectivity index (χ0n) is 65.9. The summed E-state index contributed by atoms with van der Waals surface area (Å²) in [5, 5.41) is 0. The Morgan fingerprint density at radius 2 is 0.817 bits per heavy atom. The first-order chi connectivity index (χ1) is 56.7. The van der Waals surface area contributed by atoms with Gasteiger partial charge in [0.25, 0.3) is 13.4 Å². The Morgan fingerprint density at radius 3 is 1.45 bits per heavy atom. The lowest BCUT2D eigenvalue weighted by molar-refractivity contribution is 0.0839. The summed E-state index contributed by atoms with van der Waals surface area (Å²) in [6, 6.07) is 120. The molecule has 0 bridgehead atoms. The van der Waals surface area contributed by atoms with Crippen molar-refractivity contribution >= 4 is 109 Å². The van der Waals surface area contributed by atoms with E-state index in [4.69, 9.17) is 9.47 Å². The van der Waals surface area contributed by atoms with Crippen molar-refractivity contribution in [3.63, 3.8) is 0 Å². The highest BCUT2D eigenvalue weighted by Crippen LogP contribution is 2.65. The summed E-state index contributed by atoms with van der Waals surface area (Å²) in [6.07, 6.45) is 17.1. The molecule has 0 radical (unpaired) electrons. The number of hydrogen-bond donors (Lipinski definition) is 0. The van der Waals surface area contributed by atoms with Gasteiger partial charge in [-0.3, -0.25) is 0 Å². The lowest BCUT2D eigenvalue weighted by Crippen LogP contribution is -2.65. The molecule has 5 aliphatic heterocycles. The minimum atomic E-state index is -0.849. The van der Waals surface area contributed by atoms with Gasteiger partial charge in [0, 0.05) is 92.0 Å². The van der Waals surface area contributed by atoms with Gasteiger partial charge < -0.3 is 29.1 Å². The first-order valence-corrected chi connectivity index (χ1v) is 42.8. The van der Waals surface area contributed by atoms with Gasteiger partial charge in [-0.2, -0.15) is 0 Å². The fourth-order valence-corrected chi connectivity index (χ4v) is 23.4. The van der Waals surface area contributed by atoms with E-state index in [1.54, 1.807) is 0 Å². The largest absolute Gasteiger partial charge is 0.458 e. The molecule has 3 saturated carbocycles. The van der Waals surface area contributed by atoms with Crippen LogP contribution in [0.5, 0.6) is 23.0 Å². The third kappa shape index (κ3) is 10.6. The van der Waals surface area contributed by atoms with Gasteiger partial charge in [-0.1, -0.05) is 322 Å². The van der Waals surface area contributed by atoms with Crippen LogP contribution in [0.1, 0.15) is 132 Å². The second-order valence-corrected chi connectivity index (χ2v) is 35.2. The molecule has 1 spiro atoms. The molecule has 14 aromatic rings. The highest BCUT2D eigenvalue weighted by molar-refractivity contribution is 7.00. The number of hydrogen-bond acceptors (Lipinski definition) is 6. The number of ether oxygens (including phenoxy) is 2. The Morgan fingerprint density at radius 1 is 0.330 bits per heavy atom. The smallest absolute Gasteiger partial charge is 0.256 e. The molecule has 558 valence electrons. The lowest BCUT2D eigenvalue weighted by atomic mass is 9.33. The van der Waals surface area contributed by atoms with Gasteiger partial charge in [0.2, 0.25) is 0 Å². The van der Waals surface area contributed by atoms with Crippen molar-refractivity contribution in [2.75, 3.05) is 19.6 Å². The minimum Gasteiger partial charge on any atom is -0.458 e. The molecule has 4 aliphatic carbocycles. The third-order valence-electron chi connectivity index (χ3n) is 28.2. The van der Waals surface area contributed by atoms with E-state index in [0.717, 1.165) is 95.9 Å². The number of para-hydroxylation sites is 6. The average molecular weight is 1490 g/mol. The summed E-state index contributed by atoms with van der Waals surface area (Å²) in [6.45, 7) is 6.96. The van der Waals surface area contributed by atoms with Gasteiger partial charge in [-0.15, -0.1) is 0 Å². The van der Waals surface area contributed by atoms with Crippen molar-refractivity contribution in [2.24, 2.45) is 23.7 Å². The van der Waals surface area contributed by atoms with Crippen molar-refractivity contribution in [1.29, 1.82) is 0 Å². The molecule has 14 aromatic carbocycles. The highest BCUT2D eigenvalue weighted by atomic mass is 16.5. The zero-order valence-corrected chi connectivity index (χ0v) is 65.9. The Hall–Kier alpha value is -12.0. The molecule has 0 N–H and O–H groups in total.